The molecule has 0 aliphatic carbocycles. The number of benzene rings is 2. The number of amides is 2. The van der Waals surface area contributed by atoms with Crippen LogP contribution in [-0.4, -0.2) is 44.1 Å². The predicted molar refractivity (Wildman–Crippen MR) is 115 cm³/mol. The molecule has 1 atom stereocenters. The van der Waals surface area contributed by atoms with Crippen molar-refractivity contribution in [3.63, 3.8) is 0 Å². The standard InChI is InChI=1S/C23H29N3O3/c1-4-17(5-2)24-23(28)21-15-26(19-13-9-10-14-20(19)29-21)16-22(27)25(3)18-11-7-6-8-12-18/h6-14,17,21H,4-5,15-16H2,1-3H3,(H,24,28). The topological polar surface area (TPSA) is 61.9 Å². The summed E-state index contributed by atoms with van der Waals surface area (Å²) in [5.74, 6) is 0.438. The number of likely N-dealkylation sites (N-methyl/N-ethyl adjacent to an activating group) is 1. The Morgan fingerprint density at radius 3 is 2.45 bits per heavy atom. The lowest BCUT2D eigenvalue weighted by atomic mass is 10.1. The molecule has 2 aromatic carbocycles. The van der Waals surface area contributed by atoms with Crippen molar-refractivity contribution in [3.05, 3.63) is 54.6 Å². The van der Waals surface area contributed by atoms with E-state index in [2.05, 4.69) is 19.2 Å². The number of anilines is 2. The highest BCUT2D eigenvalue weighted by Gasteiger charge is 2.32. The van der Waals surface area contributed by atoms with Gasteiger partial charge in [0.15, 0.2) is 6.10 Å². The second kappa shape index (κ2) is 9.45. The number of carbonyl (C=O) groups excluding carboxylic acids is 2. The van der Waals surface area contributed by atoms with Crippen LogP contribution in [0, 0.1) is 0 Å². The van der Waals surface area contributed by atoms with Crippen LogP contribution in [0.2, 0.25) is 0 Å². The molecule has 154 valence electrons. The van der Waals surface area contributed by atoms with Crippen LogP contribution in [0.15, 0.2) is 54.6 Å². The van der Waals surface area contributed by atoms with Gasteiger partial charge in [0.25, 0.3) is 5.91 Å². The van der Waals surface area contributed by atoms with Crippen molar-refractivity contribution in [2.75, 3.05) is 29.9 Å². The summed E-state index contributed by atoms with van der Waals surface area (Å²) < 4.78 is 5.96. The van der Waals surface area contributed by atoms with E-state index in [0.29, 0.717) is 12.3 Å². The molecule has 1 heterocycles. The molecule has 0 saturated carbocycles. The lowest BCUT2D eigenvalue weighted by molar-refractivity contribution is -0.129. The Bertz CT molecular complexity index is 836. The number of hydrogen-bond donors (Lipinski definition) is 1. The zero-order valence-electron chi connectivity index (χ0n) is 17.3. The van der Waals surface area contributed by atoms with Gasteiger partial charge in [-0.1, -0.05) is 44.2 Å². The Morgan fingerprint density at radius 2 is 1.76 bits per heavy atom. The number of nitrogens with zero attached hydrogens (tertiary/aromatic N) is 2. The van der Waals surface area contributed by atoms with E-state index in [-0.39, 0.29) is 24.4 Å². The molecular formula is C23H29N3O3. The monoisotopic (exact) mass is 395 g/mol. The van der Waals surface area contributed by atoms with Crippen LogP contribution in [0.1, 0.15) is 26.7 Å². The Morgan fingerprint density at radius 1 is 1.10 bits per heavy atom. The molecule has 3 rings (SSSR count). The minimum Gasteiger partial charge on any atom is -0.477 e. The van der Waals surface area contributed by atoms with Crippen molar-refractivity contribution in [2.45, 2.75) is 38.8 Å². The normalized spacial score (nSPS) is 15.4. The summed E-state index contributed by atoms with van der Waals surface area (Å²) in [4.78, 5) is 29.2. The van der Waals surface area contributed by atoms with Crippen molar-refractivity contribution in [1.82, 2.24) is 5.32 Å². The van der Waals surface area contributed by atoms with Gasteiger partial charge in [0.1, 0.15) is 5.75 Å². The van der Waals surface area contributed by atoms with Gasteiger partial charge in [-0.2, -0.15) is 0 Å². The van der Waals surface area contributed by atoms with Crippen LogP contribution in [-0.2, 0) is 9.59 Å². The van der Waals surface area contributed by atoms with E-state index >= 15 is 0 Å². The highest BCUT2D eigenvalue weighted by molar-refractivity contribution is 5.96. The molecule has 1 N–H and O–H groups in total. The summed E-state index contributed by atoms with van der Waals surface area (Å²) in [5, 5.41) is 3.05. The minimum absolute atomic E-state index is 0.0490. The third kappa shape index (κ3) is 4.88. The van der Waals surface area contributed by atoms with E-state index in [9.17, 15) is 9.59 Å². The number of carbonyl (C=O) groups is 2. The smallest absolute Gasteiger partial charge is 0.263 e. The summed E-state index contributed by atoms with van der Waals surface area (Å²) >= 11 is 0. The number of fused-ring (bicyclic) bond motifs is 1. The van der Waals surface area contributed by atoms with E-state index < -0.39 is 6.10 Å². The molecule has 0 spiro atoms. The van der Waals surface area contributed by atoms with Gasteiger partial charge in [-0.25, -0.2) is 0 Å². The maximum Gasteiger partial charge on any atom is 0.263 e. The molecule has 0 radical (unpaired) electrons. The van der Waals surface area contributed by atoms with Gasteiger partial charge in [0, 0.05) is 18.8 Å². The first-order chi connectivity index (χ1) is 14.0. The molecule has 0 fully saturated rings. The summed E-state index contributed by atoms with van der Waals surface area (Å²) in [5.41, 5.74) is 1.66. The maximum atomic E-state index is 12.9. The van der Waals surface area contributed by atoms with Crippen LogP contribution in [0.4, 0.5) is 11.4 Å². The van der Waals surface area contributed by atoms with Crippen molar-refractivity contribution < 1.29 is 14.3 Å². The van der Waals surface area contributed by atoms with Crippen LogP contribution < -0.4 is 19.9 Å². The first kappa shape index (κ1) is 20.7. The van der Waals surface area contributed by atoms with Gasteiger partial charge in [-0.05, 0) is 37.1 Å². The number of hydrogen-bond acceptors (Lipinski definition) is 4. The average Bonchev–Trinajstić information content (AvgIpc) is 2.77. The van der Waals surface area contributed by atoms with Gasteiger partial charge in [-0.15, -0.1) is 0 Å². The quantitative estimate of drug-likeness (QED) is 0.782. The van der Waals surface area contributed by atoms with Crippen molar-refractivity contribution in [1.29, 1.82) is 0 Å². The van der Waals surface area contributed by atoms with E-state index in [0.717, 1.165) is 24.2 Å². The molecule has 0 bridgehead atoms. The SMILES string of the molecule is CCC(CC)NC(=O)C1CN(CC(=O)N(C)c2ccccc2)c2ccccc2O1. The third-order valence-corrected chi connectivity index (χ3v) is 5.33. The Labute approximate surface area is 172 Å². The van der Waals surface area contributed by atoms with Gasteiger partial charge < -0.3 is 19.9 Å². The first-order valence-corrected chi connectivity index (χ1v) is 10.2. The van der Waals surface area contributed by atoms with Gasteiger partial charge >= 0.3 is 0 Å². The lowest BCUT2D eigenvalue weighted by Crippen LogP contribution is -2.52. The number of nitrogens with one attached hydrogen (secondary N) is 1. The Balaban J connectivity index is 1.76. The molecule has 2 amide bonds. The molecule has 0 saturated heterocycles. The van der Waals surface area contributed by atoms with Crippen LogP contribution in [0.3, 0.4) is 0 Å². The zero-order chi connectivity index (χ0) is 20.8. The van der Waals surface area contributed by atoms with Gasteiger partial charge in [-0.3, -0.25) is 9.59 Å². The van der Waals surface area contributed by atoms with Crippen molar-refractivity contribution >= 4 is 23.2 Å². The maximum absolute atomic E-state index is 12.9. The predicted octanol–water partition coefficient (Wildman–Crippen LogP) is 3.22. The highest BCUT2D eigenvalue weighted by Crippen LogP contribution is 2.33. The molecule has 6 heteroatoms. The highest BCUT2D eigenvalue weighted by atomic mass is 16.5. The zero-order valence-corrected chi connectivity index (χ0v) is 17.3. The van der Waals surface area contributed by atoms with E-state index in [1.165, 1.54) is 0 Å². The van der Waals surface area contributed by atoms with Gasteiger partial charge in [0.05, 0.1) is 18.8 Å². The fraction of sp³-hybridized carbons (Fsp3) is 0.391. The summed E-state index contributed by atoms with van der Waals surface area (Å²) in [6.45, 7) is 4.60. The number of ether oxygens (including phenoxy) is 1. The Hall–Kier alpha value is -3.02. The Kier molecular flexibility index (Phi) is 6.75. The molecule has 1 aliphatic rings. The van der Waals surface area contributed by atoms with Crippen molar-refractivity contribution in [3.8, 4) is 5.75 Å². The fourth-order valence-corrected chi connectivity index (χ4v) is 3.45. The second-order valence-corrected chi connectivity index (χ2v) is 7.27. The van der Waals surface area contributed by atoms with Crippen LogP contribution >= 0.6 is 0 Å². The number of rotatable bonds is 7. The molecule has 29 heavy (non-hydrogen) atoms. The van der Waals surface area contributed by atoms with Crippen LogP contribution in [0.25, 0.3) is 0 Å². The second-order valence-electron chi connectivity index (χ2n) is 7.27. The van der Waals surface area contributed by atoms with Crippen LogP contribution in [0.5, 0.6) is 5.75 Å². The van der Waals surface area contributed by atoms with Crippen molar-refractivity contribution in [2.24, 2.45) is 0 Å². The molecule has 6 nitrogen and oxygen atoms in total. The first-order valence-electron chi connectivity index (χ1n) is 10.2. The summed E-state index contributed by atoms with van der Waals surface area (Å²) in [7, 11) is 1.77. The molecular weight excluding hydrogens is 366 g/mol. The van der Waals surface area contributed by atoms with E-state index in [1.54, 1.807) is 11.9 Å². The molecule has 2 aromatic rings. The number of para-hydroxylation sites is 3. The lowest BCUT2D eigenvalue weighted by Gasteiger charge is -2.36. The molecule has 1 aliphatic heterocycles. The fourth-order valence-electron chi connectivity index (χ4n) is 3.45. The van der Waals surface area contributed by atoms with Gasteiger partial charge in [0.2, 0.25) is 5.91 Å². The molecule has 0 aromatic heterocycles. The molecule has 1 unspecified atom stereocenters. The third-order valence-electron chi connectivity index (χ3n) is 5.33. The van der Waals surface area contributed by atoms with E-state index in [1.807, 2.05) is 59.5 Å². The minimum atomic E-state index is -0.652. The average molecular weight is 396 g/mol. The van der Waals surface area contributed by atoms with E-state index in [4.69, 9.17) is 4.74 Å². The largest absolute Gasteiger partial charge is 0.477 e. The summed E-state index contributed by atoms with van der Waals surface area (Å²) in [6.07, 6.45) is 1.09. The summed E-state index contributed by atoms with van der Waals surface area (Å²) in [6, 6.07) is 17.2.